The van der Waals surface area contributed by atoms with Crippen LogP contribution in [0.1, 0.15) is 40.0 Å². The van der Waals surface area contributed by atoms with Crippen LogP contribution in [0.25, 0.3) is 0 Å². The number of ether oxygens (including phenoxy) is 2. The van der Waals surface area contributed by atoms with Gasteiger partial charge >= 0.3 is 11.9 Å². The van der Waals surface area contributed by atoms with Gasteiger partial charge < -0.3 is 14.4 Å². The van der Waals surface area contributed by atoms with Crippen LogP contribution < -0.4 is 0 Å². The molecule has 0 bridgehead atoms. The van der Waals surface area contributed by atoms with Crippen molar-refractivity contribution in [2.24, 2.45) is 11.8 Å². The molecule has 2 heterocycles. The molecule has 6 heteroatoms. The van der Waals surface area contributed by atoms with Crippen LogP contribution in [-0.4, -0.2) is 49.0 Å². The average Bonchev–Trinajstić information content (AvgIpc) is 2.99. The maximum absolute atomic E-state index is 11.6. The number of carbonyl (C=O) groups excluding carboxylic acids is 3. The van der Waals surface area contributed by atoms with Gasteiger partial charge in [0.05, 0.1) is 25.0 Å². The predicted octanol–water partition coefficient (Wildman–Crippen LogP) is 1.38. The molecule has 6 nitrogen and oxygen atoms in total. The molecule has 0 radical (unpaired) electrons. The predicted molar refractivity (Wildman–Crippen MR) is 76.3 cm³/mol. The molecule has 0 aromatic carbocycles. The molecule has 0 aromatic rings. The summed E-state index contributed by atoms with van der Waals surface area (Å²) in [5.74, 6) is -0.317. The summed E-state index contributed by atoms with van der Waals surface area (Å²) in [5, 5.41) is 0. The van der Waals surface area contributed by atoms with E-state index in [2.05, 4.69) is 4.74 Å². The van der Waals surface area contributed by atoms with E-state index < -0.39 is 0 Å². The monoisotopic (exact) mass is 299 g/mol. The van der Waals surface area contributed by atoms with Gasteiger partial charge in [0.25, 0.3) is 0 Å². The lowest BCUT2D eigenvalue weighted by molar-refractivity contribution is -0.144. The molecule has 0 spiro atoms. The van der Waals surface area contributed by atoms with E-state index in [9.17, 15) is 14.4 Å². The first-order valence-electron chi connectivity index (χ1n) is 7.41. The summed E-state index contributed by atoms with van der Waals surface area (Å²) >= 11 is 0. The molecule has 0 aliphatic carbocycles. The van der Waals surface area contributed by atoms with Gasteiger partial charge in [-0.2, -0.15) is 0 Å². The van der Waals surface area contributed by atoms with Gasteiger partial charge in [-0.3, -0.25) is 14.4 Å². The molecule has 2 aliphatic heterocycles. The lowest BCUT2D eigenvalue weighted by atomic mass is 10.0. The van der Waals surface area contributed by atoms with Gasteiger partial charge in [-0.25, -0.2) is 0 Å². The summed E-state index contributed by atoms with van der Waals surface area (Å²) in [6.45, 7) is 6.87. The van der Waals surface area contributed by atoms with Crippen LogP contribution in [0.4, 0.5) is 0 Å². The van der Waals surface area contributed by atoms with Crippen LogP contribution in [0.15, 0.2) is 0 Å². The standard InChI is InChI=1S/C10H17NO3.C5H8O2/c1-7(2)11(3)9(12)6-8-4-5-14-10(8)13;1-4-2-3-7-5(4)6/h7-8H,4-6H2,1-3H3;4H,2-3H2,1H3/t8-;4-/m10/s1. The Morgan fingerprint density at radius 3 is 2.10 bits per heavy atom. The molecule has 2 rings (SSSR count). The molecule has 2 atom stereocenters. The Kier molecular flexibility index (Phi) is 6.65. The van der Waals surface area contributed by atoms with Crippen LogP contribution in [0.3, 0.4) is 0 Å². The van der Waals surface area contributed by atoms with Crippen molar-refractivity contribution in [3.05, 3.63) is 0 Å². The van der Waals surface area contributed by atoms with Crippen LogP contribution in [0.2, 0.25) is 0 Å². The first-order chi connectivity index (χ1) is 9.82. The van der Waals surface area contributed by atoms with E-state index in [0.29, 0.717) is 19.6 Å². The second kappa shape index (κ2) is 8.00. The number of hydrogen-bond donors (Lipinski definition) is 0. The molecule has 0 saturated carbocycles. The second-order valence-electron chi connectivity index (χ2n) is 5.81. The molecule has 0 aromatic heterocycles. The highest BCUT2D eigenvalue weighted by Crippen LogP contribution is 2.19. The van der Waals surface area contributed by atoms with E-state index in [1.807, 2.05) is 20.8 Å². The Labute approximate surface area is 125 Å². The SMILES string of the molecule is CC(C)N(C)C(=O)C[C@H]1CCOC1=O.C[C@H]1CCOC1=O. The summed E-state index contributed by atoms with van der Waals surface area (Å²) in [6, 6.07) is 0.180. The third-order valence-electron chi connectivity index (χ3n) is 3.83. The Hall–Kier alpha value is -1.59. The van der Waals surface area contributed by atoms with Crippen LogP contribution in [0, 0.1) is 11.8 Å². The number of nitrogens with zero attached hydrogens (tertiary/aromatic N) is 1. The summed E-state index contributed by atoms with van der Waals surface area (Å²) in [7, 11) is 1.76. The van der Waals surface area contributed by atoms with Crippen molar-refractivity contribution in [1.82, 2.24) is 4.90 Å². The number of esters is 2. The normalized spacial score (nSPS) is 24.2. The third-order valence-corrected chi connectivity index (χ3v) is 3.83. The molecule has 2 saturated heterocycles. The van der Waals surface area contributed by atoms with Gasteiger partial charge in [0.1, 0.15) is 0 Å². The minimum atomic E-state index is -0.226. The molecular formula is C15H25NO5. The van der Waals surface area contributed by atoms with Crippen molar-refractivity contribution in [3.63, 3.8) is 0 Å². The van der Waals surface area contributed by atoms with Crippen LogP contribution in [0.5, 0.6) is 0 Å². The molecule has 0 unspecified atom stereocenters. The maximum Gasteiger partial charge on any atom is 0.309 e. The average molecular weight is 299 g/mol. The molecule has 1 amide bonds. The van der Waals surface area contributed by atoms with Gasteiger partial charge in [0.15, 0.2) is 0 Å². The minimum Gasteiger partial charge on any atom is -0.465 e. The highest BCUT2D eigenvalue weighted by molar-refractivity contribution is 5.83. The number of rotatable bonds is 3. The van der Waals surface area contributed by atoms with Crippen molar-refractivity contribution in [2.45, 2.75) is 46.1 Å². The van der Waals surface area contributed by atoms with E-state index in [1.54, 1.807) is 11.9 Å². The number of carbonyl (C=O) groups is 3. The van der Waals surface area contributed by atoms with E-state index in [0.717, 1.165) is 6.42 Å². The second-order valence-corrected chi connectivity index (χ2v) is 5.81. The Morgan fingerprint density at radius 1 is 1.19 bits per heavy atom. The number of amides is 1. The first kappa shape index (κ1) is 17.5. The van der Waals surface area contributed by atoms with Gasteiger partial charge in [-0.1, -0.05) is 6.92 Å². The van der Waals surface area contributed by atoms with Gasteiger partial charge in [0, 0.05) is 19.5 Å². The summed E-state index contributed by atoms with van der Waals surface area (Å²) in [5.41, 5.74) is 0. The lowest BCUT2D eigenvalue weighted by Gasteiger charge is -2.22. The van der Waals surface area contributed by atoms with Crippen molar-refractivity contribution in [2.75, 3.05) is 20.3 Å². The molecule has 0 N–H and O–H groups in total. The zero-order valence-electron chi connectivity index (χ0n) is 13.3. The molecule has 2 aliphatic rings. The summed E-state index contributed by atoms with van der Waals surface area (Å²) < 4.78 is 9.42. The molecule has 120 valence electrons. The van der Waals surface area contributed by atoms with Crippen molar-refractivity contribution >= 4 is 17.8 Å². The Balaban J connectivity index is 0.000000262. The fourth-order valence-corrected chi connectivity index (χ4v) is 1.96. The quantitative estimate of drug-likeness (QED) is 0.736. The van der Waals surface area contributed by atoms with Crippen molar-refractivity contribution < 1.29 is 23.9 Å². The summed E-state index contributed by atoms with van der Waals surface area (Å²) in [4.78, 5) is 34.7. The van der Waals surface area contributed by atoms with E-state index in [4.69, 9.17) is 4.74 Å². The molecule has 21 heavy (non-hydrogen) atoms. The van der Waals surface area contributed by atoms with E-state index >= 15 is 0 Å². The first-order valence-corrected chi connectivity index (χ1v) is 7.41. The highest BCUT2D eigenvalue weighted by Gasteiger charge is 2.30. The molecule has 2 fully saturated rings. The van der Waals surface area contributed by atoms with E-state index in [1.165, 1.54) is 0 Å². The van der Waals surface area contributed by atoms with Gasteiger partial charge in [0.2, 0.25) is 5.91 Å². The number of hydrogen-bond acceptors (Lipinski definition) is 5. The smallest absolute Gasteiger partial charge is 0.309 e. The fraction of sp³-hybridized carbons (Fsp3) is 0.800. The fourth-order valence-electron chi connectivity index (χ4n) is 1.96. The van der Waals surface area contributed by atoms with Gasteiger partial charge in [-0.05, 0) is 26.7 Å². The third kappa shape index (κ3) is 5.36. The maximum atomic E-state index is 11.6. The van der Waals surface area contributed by atoms with Gasteiger partial charge in [-0.15, -0.1) is 0 Å². The largest absolute Gasteiger partial charge is 0.465 e. The topological polar surface area (TPSA) is 72.9 Å². The van der Waals surface area contributed by atoms with Crippen molar-refractivity contribution in [3.8, 4) is 0 Å². The Bertz CT molecular complexity index is 394. The lowest BCUT2D eigenvalue weighted by Crippen LogP contribution is -2.34. The minimum absolute atomic E-state index is 0.0175. The number of cyclic esters (lactones) is 2. The molecular weight excluding hydrogens is 274 g/mol. The van der Waals surface area contributed by atoms with Crippen molar-refractivity contribution in [1.29, 1.82) is 0 Å². The zero-order valence-corrected chi connectivity index (χ0v) is 13.3. The zero-order chi connectivity index (χ0) is 16.0. The van der Waals surface area contributed by atoms with Crippen LogP contribution in [-0.2, 0) is 23.9 Å². The highest BCUT2D eigenvalue weighted by atomic mass is 16.5. The van der Waals surface area contributed by atoms with Crippen LogP contribution >= 0.6 is 0 Å². The van der Waals surface area contributed by atoms with E-state index in [-0.39, 0.29) is 42.1 Å². The Morgan fingerprint density at radius 2 is 1.76 bits per heavy atom. The summed E-state index contributed by atoms with van der Waals surface area (Å²) in [6.07, 6.45) is 1.86.